The fourth-order valence-corrected chi connectivity index (χ4v) is 3.17. The molecule has 0 spiro atoms. The highest BCUT2D eigenvalue weighted by Crippen LogP contribution is 2.36. The standard InChI is InChI=1S/C16H27N3O2/c1-5-19(6-2)16(3,4)15(18-17)12-7-8-13-14(11-12)21-10-9-20-13/h7-8,11,15,18H,5-6,9-10,17H2,1-4H3. The van der Waals surface area contributed by atoms with Gasteiger partial charge in [-0.3, -0.25) is 16.2 Å². The molecule has 0 saturated carbocycles. The Kier molecular flexibility index (Phi) is 5.08. The molecule has 1 aliphatic heterocycles. The quantitative estimate of drug-likeness (QED) is 0.621. The van der Waals surface area contributed by atoms with Crippen molar-refractivity contribution in [2.75, 3.05) is 26.3 Å². The first-order chi connectivity index (χ1) is 10.0. The van der Waals surface area contributed by atoms with Gasteiger partial charge < -0.3 is 9.47 Å². The van der Waals surface area contributed by atoms with E-state index >= 15 is 0 Å². The largest absolute Gasteiger partial charge is 0.486 e. The average Bonchev–Trinajstić information content (AvgIpc) is 2.48. The summed E-state index contributed by atoms with van der Waals surface area (Å²) in [6.45, 7) is 11.9. The van der Waals surface area contributed by atoms with E-state index in [9.17, 15) is 0 Å². The number of hydrogen-bond donors (Lipinski definition) is 2. The van der Waals surface area contributed by atoms with E-state index in [4.69, 9.17) is 15.3 Å². The third-order valence-corrected chi connectivity index (χ3v) is 4.35. The highest BCUT2D eigenvalue weighted by atomic mass is 16.6. The van der Waals surface area contributed by atoms with Crippen molar-refractivity contribution in [3.8, 4) is 11.5 Å². The van der Waals surface area contributed by atoms with Crippen molar-refractivity contribution in [1.82, 2.24) is 10.3 Å². The second kappa shape index (κ2) is 6.64. The third kappa shape index (κ3) is 3.15. The zero-order valence-corrected chi connectivity index (χ0v) is 13.5. The van der Waals surface area contributed by atoms with Crippen molar-refractivity contribution in [3.63, 3.8) is 0 Å². The Labute approximate surface area is 127 Å². The van der Waals surface area contributed by atoms with E-state index in [2.05, 4.69) is 44.1 Å². The average molecular weight is 293 g/mol. The van der Waals surface area contributed by atoms with E-state index < -0.39 is 0 Å². The predicted octanol–water partition coefficient (Wildman–Crippen LogP) is 2.08. The van der Waals surface area contributed by atoms with Gasteiger partial charge in [-0.05, 0) is 44.6 Å². The number of nitrogens with zero attached hydrogens (tertiary/aromatic N) is 1. The summed E-state index contributed by atoms with van der Waals surface area (Å²) in [6, 6.07) is 6.06. The number of benzene rings is 1. The lowest BCUT2D eigenvalue weighted by atomic mass is 9.87. The van der Waals surface area contributed by atoms with Crippen LogP contribution in [-0.4, -0.2) is 36.7 Å². The molecule has 1 heterocycles. The minimum atomic E-state index is -0.109. The molecule has 1 unspecified atom stereocenters. The molecule has 1 aromatic carbocycles. The summed E-state index contributed by atoms with van der Waals surface area (Å²) < 4.78 is 11.3. The van der Waals surface area contributed by atoms with Crippen LogP contribution in [0.5, 0.6) is 11.5 Å². The molecule has 5 heteroatoms. The second-order valence-electron chi connectivity index (χ2n) is 5.83. The maximum atomic E-state index is 5.87. The van der Waals surface area contributed by atoms with E-state index in [1.807, 2.05) is 12.1 Å². The van der Waals surface area contributed by atoms with E-state index in [0.29, 0.717) is 13.2 Å². The summed E-state index contributed by atoms with van der Waals surface area (Å²) in [5.41, 5.74) is 3.98. The molecule has 1 aliphatic rings. The van der Waals surface area contributed by atoms with Crippen molar-refractivity contribution >= 4 is 0 Å². The van der Waals surface area contributed by atoms with Crippen LogP contribution in [0.3, 0.4) is 0 Å². The Bertz CT molecular complexity index is 473. The van der Waals surface area contributed by atoms with Crippen LogP contribution < -0.4 is 20.7 Å². The molecule has 0 aromatic heterocycles. The second-order valence-corrected chi connectivity index (χ2v) is 5.83. The lowest BCUT2D eigenvalue weighted by molar-refractivity contribution is 0.0909. The molecule has 118 valence electrons. The van der Waals surface area contributed by atoms with Gasteiger partial charge in [0.15, 0.2) is 11.5 Å². The molecule has 0 radical (unpaired) electrons. The molecule has 2 rings (SSSR count). The number of nitrogens with two attached hydrogens (primary N) is 1. The van der Waals surface area contributed by atoms with Crippen LogP contribution in [0.15, 0.2) is 18.2 Å². The third-order valence-electron chi connectivity index (χ3n) is 4.35. The van der Waals surface area contributed by atoms with Gasteiger partial charge in [-0.25, -0.2) is 0 Å². The van der Waals surface area contributed by atoms with Crippen LogP contribution >= 0.6 is 0 Å². The van der Waals surface area contributed by atoms with Gasteiger partial charge in [-0.2, -0.15) is 0 Å². The predicted molar refractivity (Wildman–Crippen MR) is 84.5 cm³/mol. The highest BCUT2D eigenvalue weighted by molar-refractivity contribution is 5.45. The van der Waals surface area contributed by atoms with Gasteiger partial charge in [0, 0.05) is 5.54 Å². The SMILES string of the molecule is CCN(CC)C(C)(C)C(NN)c1ccc2c(c1)OCCO2. The minimum Gasteiger partial charge on any atom is -0.486 e. The molecule has 0 saturated heterocycles. The van der Waals surface area contributed by atoms with Gasteiger partial charge in [0.1, 0.15) is 13.2 Å². The zero-order valence-electron chi connectivity index (χ0n) is 13.5. The van der Waals surface area contributed by atoms with E-state index in [-0.39, 0.29) is 11.6 Å². The Morgan fingerprint density at radius 2 is 1.81 bits per heavy atom. The van der Waals surface area contributed by atoms with Gasteiger partial charge in [-0.15, -0.1) is 0 Å². The Hall–Kier alpha value is -1.30. The van der Waals surface area contributed by atoms with Gasteiger partial charge in [-0.1, -0.05) is 19.9 Å². The van der Waals surface area contributed by atoms with Crippen molar-refractivity contribution in [1.29, 1.82) is 0 Å². The van der Waals surface area contributed by atoms with Crippen LogP contribution in [0.4, 0.5) is 0 Å². The summed E-state index contributed by atoms with van der Waals surface area (Å²) in [6.07, 6.45) is 0. The molecule has 1 aromatic rings. The highest BCUT2D eigenvalue weighted by Gasteiger charge is 2.35. The fourth-order valence-electron chi connectivity index (χ4n) is 3.17. The van der Waals surface area contributed by atoms with Crippen LogP contribution in [-0.2, 0) is 0 Å². The van der Waals surface area contributed by atoms with E-state index in [0.717, 1.165) is 30.2 Å². The first-order valence-corrected chi connectivity index (χ1v) is 7.65. The normalized spacial score (nSPS) is 16.1. The summed E-state index contributed by atoms with van der Waals surface area (Å²) in [5, 5.41) is 0. The Morgan fingerprint density at radius 3 is 2.38 bits per heavy atom. The summed E-state index contributed by atoms with van der Waals surface area (Å²) >= 11 is 0. The van der Waals surface area contributed by atoms with Crippen LogP contribution in [0.25, 0.3) is 0 Å². The molecule has 0 fully saturated rings. The first kappa shape index (κ1) is 16.1. The molecule has 5 nitrogen and oxygen atoms in total. The fraction of sp³-hybridized carbons (Fsp3) is 0.625. The lowest BCUT2D eigenvalue weighted by Crippen LogP contribution is -2.54. The van der Waals surface area contributed by atoms with Crippen LogP contribution in [0.1, 0.15) is 39.3 Å². The summed E-state index contributed by atoms with van der Waals surface area (Å²) in [7, 11) is 0. The molecule has 3 N–H and O–H groups in total. The number of ether oxygens (including phenoxy) is 2. The van der Waals surface area contributed by atoms with Crippen molar-refractivity contribution in [2.45, 2.75) is 39.3 Å². The number of nitrogens with one attached hydrogen (secondary N) is 1. The number of rotatable bonds is 6. The summed E-state index contributed by atoms with van der Waals surface area (Å²) in [4.78, 5) is 2.40. The van der Waals surface area contributed by atoms with Gasteiger partial charge in [0.2, 0.25) is 0 Å². The van der Waals surface area contributed by atoms with Crippen LogP contribution in [0.2, 0.25) is 0 Å². The maximum Gasteiger partial charge on any atom is 0.161 e. The Balaban J connectivity index is 2.32. The first-order valence-electron chi connectivity index (χ1n) is 7.65. The molecule has 21 heavy (non-hydrogen) atoms. The van der Waals surface area contributed by atoms with E-state index in [1.54, 1.807) is 0 Å². The number of hydrazine groups is 1. The van der Waals surface area contributed by atoms with Gasteiger partial charge >= 0.3 is 0 Å². The lowest BCUT2D eigenvalue weighted by Gasteiger charge is -2.43. The van der Waals surface area contributed by atoms with Crippen molar-refractivity contribution in [2.24, 2.45) is 5.84 Å². The maximum absolute atomic E-state index is 5.87. The van der Waals surface area contributed by atoms with Crippen molar-refractivity contribution in [3.05, 3.63) is 23.8 Å². The molecule has 1 atom stereocenters. The van der Waals surface area contributed by atoms with E-state index in [1.165, 1.54) is 0 Å². The van der Waals surface area contributed by atoms with Crippen LogP contribution in [0, 0.1) is 0 Å². The molecular weight excluding hydrogens is 266 g/mol. The van der Waals surface area contributed by atoms with Gasteiger partial charge in [0.25, 0.3) is 0 Å². The van der Waals surface area contributed by atoms with Gasteiger partial charge in [0.05, 0.1) is 6.04 Å². The molecule has 0 aliphatic carbocycles. The monoisotopic (exact) mass is 293 g/mol. The van der Waals surface area contributed by atoms with Crippen molar-refractivity contribution < 1.29 is 9.47 Å². The zero-order chi connectivity index (χ0) is 15.5. The topological polar surface area (TPSA) is 59.8 Å². The number of fused-ring (bicyclic) bond motifs is 1. The molecule has 0 bridgehead atoms. The molecule has 0 amide bonds. The summed E-state index contributed by atoms with van der Waals surface area (Å²) in [5.74, 6) is 7.47. The molecular formula is C16H27N3O2. The number of likely N-dealkylation sites (N-methyl/N-ethyl adjacent to an activating group) is 1. The smallest absolute Gasteiger partial charge is 0.161 e. The Morgan fingerprint density at radius 1 is 1.19 bits per heavy atom. The number of hydrogen-bond acceptors (Lipinski definition) is 5. The minimum absolute atomic E-state index is 0.00762.